The summed E-state index contributed by atoms with van der Waals surface area (Å²) < 4.78 is 0. The van der Waals surface area contributed by atoms with Gasteiger partial charge in [0.15, 0.2) is 0 Å². The number of hydrogen-bond acceptors (Lipinski definition) is 1. The number of carbonyl (C=O) groups excluding carboxylic acids is 1. The average molecular weight is 143 g/mol. The van der Waals surface area contributed by atoms with Crippen molar-refractivity contribution in [3.05, 3.63) is 0 Å². The second kappa shape index (κ2) is 4.31. The maximum atomic E-state index is 10.8. The maximum absolute atomic E-state index is 10.8. The number of amides is 1. The Morgan fingerprint density at radius 2 is 1.80 bits per heavy atom. The van der Waals surface area contributed by atoms with Gasteiger partial charge in [-0.25, -0.2) is 0 Å². The van der Waals surface area contributed by atoms with Crippen molar-refractivity contribution in [3.8, 4) is 0 Å². The molecular formula is C8H17NO. The minimum atomic E-state index is 0.161. The van der Waals surface area contributed by atoms with Gasteiger partial charge in [0.25, 0.3) is 0 Å². The van der Waals surface area contributed by atoms with Crippen LogP contribution in [0.3, 0.4) is 0 Å². The second-order valence-electron chi connectivity index (χ2n) is 2.60. The summed E-state index contributed by atoms with van der Waals surface area (Å²) >= 11 is 0. The molecule has 0 rings (SSSR count). The summed E-state index contributed by atoms with van der Waals surface area (Å²) in [4.78, 5) is 12.6. The highest BCUT2D eigenvalue weighted by Crippen LogP contribution is 2.05. The van der Waals surface area contributed by atoms with Crippen LogP contribution < -0.4 is 0 Å². The molecule has 0 aromatic heterocycles. The Kier molecular flexibility index (Phi) is 4.08. The molecule has 0 radical (unpaired) electrons. The van der Waals surface area contributed by atoms with E-state index in [-0.39, 0.29) is 5.91 Å². The smallest absolute Gasteiger partial charge is 0.219 e. The lowest BCUT2D eigenvalue weighted by Gasteiger charge is -2.24. The molecule has 0 spiro atoms. The molecule has 0 bridgehead atoms. The molecular weight excluding hydrogens is 126 g/mol. The zero-order valence-electron chi connectivity index (χ0n) is 7.35. The molecule has 60 valence electrons. The van der Waals surface area contributed by atoms with E-state index in [9.17, 15) is 4.79 Å². The molecule has 0 aromatic rings. The summed E-state index contributed by atoms with van der Waals surface area (Å²) in [7, 11) is 1.86. The third kappa shape index (κ3) is 2.38. The number of hydrogen-bond donors (Lipinski definition) is 0. The fourth-order valence-corrected chi connectivity index (χ4v) is 1.09. The lowest BCUT2D eigenvalue weighted by Crippen LogP contribution is -2.34. The Labute approximate surface area is 63.2 Å². The Hall–Kier alpha value is -0.530. The summed E-state index contributed by atoms with van der Waals surface area (Å²) in [5, 5.41) is 0. The van der Waals surface area contributed by atoms with Gasteiger partial charge in [-0.2, -0.15) is 0 Å². The summed E-state index contributed by atoms with van der Waals surface area (Å²) in [6, 6.07) is 0.428. The summed E-state index contributed by atoms with van der Waals surface area (Å²) in [5.74, 6) is 0.161. The minimum absolute atomic E-state index is 0.161. The highest BCUT2D eigenvalue weighted by Gasteiger charge is 2.11. The first-order valence-corrected chi connectivity index (χ1v) is 3.86. The second-order valence-corrected chi connectivity index (χ2v) is 2.60. The quantitative estimate of drug-likeness (QED) is 0.588. The lowest BCUT2D eigenvalue weighted by atomic mass is 10.1. The molecule has 0 fully saturated rings. The number of carbonyl (C=O) groups is 1. The molecule has 0 saturated heterocycles. The van der Waals surface area contributed by atoms with Gasteiger partial charge in [0.2, 0.25) is 5.91 Å². The predicted molar refractivity (Wildman–Crippen MR) is 42.8 cm³/mol. The van der Waals surface area contributed by atoms with E-state index in [0.717, 1.165) is 12.8 Å². The molecule has 0 atom stereocenters. The molecule has 0 saturated carbocycles. The van der Waals surface area contributed by atoms with Crippen molar-refractivity contribution in [2.75, 3.05) is 7.05 Å². The average Bonchev–Trinajstić information content (AvgIpc) is 1.90. The van der Waals surface area contributed by atoms with Crippen molar-refractivity contribution in [1.82, 2.24) is 4.90 Å². The SMILES string of the molecule is CCC(CC)N(C)C(C)=O. The van der Waals surface area contributed by atoms with Crippen molar-refractivity contribution >= 4 is 5.91 Å². The molecule has 0 N–H and O–H groups in total. The molecule has 0 aliphatic heterocycles. The van der Waals surface area contributed by atoms with E-state index in [2.05, 4.69) is 13.8 Å². The Morgan fingerprint density at radius 3 is 1.90 bits per heavy atom. The standard InChI is InChI=1S/C8H17NO/c1-5-8(6-2)9(4)7(3)10/h8H,5-6H2,1-4H3. The van der Waals surface area contributed by atoms with Crippen LogP contribution in [0.15, 0.2) is 0 Å². The Balaban J connectivity index is 3.88. The lowest BCUT2D eigenvalue weighted by molar-refractivity contribution is -0.129. The van der Waals surface area contributed by atoms with Gasteiger partial charge < -0.3 is 4.90 Å². The first-order chi connectivity index (χ1) is 4.63. The molecule has 0 heterocycles. The fraction of sp³-hybridized carbons (Fsp3) is 0.875. The van der Waals surface area contributed by atoms with Crippen LogP contribution in [0.5, 0.6) is 0 Å². The van der Waals surface area contributed by atoms with Crippen molar-refractivity contribution < 1.29 is 4.79 Å². The molecule has 1 amide bonds. The van der Waals surface area contributed by atoms with E-state index < -0.39 is 0 Å². The molecule has 0 aliphatic rings. The van der Waals surface area contributed by atoms with E-state index >= 15 is 0 Å². The van der Waals surface area contributed by atoms with Crippen LogP contribution in [0.2, 0.25) is 0 Å². The molecule has 10 heavy (non-hydrogen) atoms. The Bertz CT molecular complexity index is 108. The zero-order chi connectivity index (χ0) is 8.15. The van der Waals surface area contributed by atoms with E-state index in [0.29, 0.717) is 6.04 Å². The first-order valence-electron chi connectivity index (χ1n) is 3.86. The largest absolute Gasteiger partial charge is 0.343 e. The zero-order valence-corrected chi connectivity index (χ0v) is 7.35. The van der Waals surface area contributed by atoms with Crippen LogP contribution in [-0.4, -0.2) is 23.9 Å². The van der Waals surface area contributed by atoms with Gasteiger partial charge in [-0.15, -0.1) is 0 Å². The van der Waals surface area contributed by atoms with Crippen LogP contribution >= 0.6 is 0 Å². The van der Waals surface area contributed by atoms with E-state index in [1.165, 1.54) is 0 Å². The fourth-order valence-electron chi connectivity index (χ4n) is 1.09. The molecule has 0 unspecified atom stereocenters. The van der Waals surface area contributed by atoms with Gasteiger partial charge in [0.1, 0.15) is 0 Å². The highest BCUT2D eigenvalue weighted by atomic mass is 16.2. The molecule has 0 aliphatic carbocycles. The summed E-state index contributed by atoms with van der Waals surface area (Å²) in [6.45, 7) is 5.82. The highest BCUT2D eigenvalue weighted by molar-refractivity contribution is 5.73. The van der Waals surface area contributed by atoms with Gasteiger partial charge >= 0.3 is 0 Å². The third-order valence-corrected chi connectivity index (χ3v) is 1.99. The monoisotopic (exact) mass is 143 g/mol. The number of nitrogens with zero attached hydrogens (tertiary/aromatic N) is 1. The topological polar surface area (TPSA) is 20.3 Å². The van der Waals surface area contributed by atoms with E-state index in [1.807, 2.05) is 7.05 Å². The van der Waals surface area contributed by atoms with Crippen molar-refractivity contribution in [3.63, 3.8) is 0 Å². The maximum Gasteiger partial charge on any atom is 0.219 e. The summed E-state index contributed by atoms with van der Waals surface area (Å²) in [6.07, 6.45) is 2.10. The van der Waals surface area contributed by atoms with E-state index in [1.54, 1.807) is 11.8 Å². The van der Waals surface area contributed by atoms with Crippen molar-refractivity contribution in [1.29, 1.82) is 0 Å². The van der Waals surface area contributed by atoms with Crippen LogP contribution in [0.4, 0.5) is 0 Å². The molecule has 2 nitrogen and oxygen atoms in total. The minimum Gasteiger partial charge on any atom is -0.343 e. The first kappa shape index (κ1) is 9.47. The van der Waals surface area contributed by atoms with Gasteiger partial charge in [0, 0.05) is 20.0 Å². The van der Waals surface area contributed by atoms with Crippen LogP contribution in [-0.2, 0) is 4.79 Å². The Morgan fingerprint density at radius 1 is 1.40 bits per heavy atom. The van der Waals surface area contributed by atoms with Crippen LogP contribution in [0.25, 0.3) is 0 Å². The third-order valence-electron chi connectivity index (χ3n) is 1.99. The molecule has 2 heteroatoms. The van der Waals surface area contributed by atoms with Crippen molar-refractivity contribution in [2.24, 2.45) is 0 Å². The van der Waals surface area contributed by atoms with Gasteiger partial charge in [-0.3, -0.25) is 4.79 Å². The van der Waals surface area contributed by atoms with E-state index in [4.69, 9.17) is 0 Å². The molecule has 0 aromatic carbocycles. The summed E-state index contributed by atoms with van der Waals surface area (Å²) in [5.41, 5.74) is 0. The van der Waals surface area contributed by atoms with Gasteiger partial charge in [-0.1, -0.05) is 13.8 Å². The van der Waals surface area contributed by atoms with Gasteiger partial charge in [0.05, 0.1) is 0 Å². The van der Waals surface area contributed by atoms with Crippen molar-refractivity contribution in [2.45, 2.75) is 39.7 Å². The number of rotatable bonds is 3. The van der Waals surface area contributed by atoms with Crippen LogP contribution in [0.1, 0.15) is 33.6 Å². The van der Waals surface area contributed by atoms with Crippen LogP contribution in [0, 0.1) is 0 Å². The normalized spacial score (nSPS) is 10.1. The van der Waals surface area contributed by atoms with Gasteiger partial charge in [-0.05, 0) is 12.8 Å². The predicted octanol–water partition coefficient (Wildman–Crippen LogP) is 1.65.